The van der Waals surface area contributed by atoms with Gasteiger partial charge in [0.05, 0.1) is 16.6 Å². The van der Waals surface area contributed by atoms with E-state index in [9.17, 15) is 27.5 Å². The Bertz CT molecular complexity index is 1580. The van der Waals surface area contributed by atoms with Crippen LogP contribution >= 0.6 is 0 Å². The summed E-state index contributed by atoms with van der Waals surface area (Å²) in [6, 6.07) is 16.1. The third-order valence-corrected chi connectivity index (χ3v) is 10.2. The normalized spacial score (nSPS) is 18.0. The highest BCUT2D eigenvalue weighted by atomic mass is 32.2. The molecule has 2 heterocycles. The monoisotopic (exact) mass is 579 g/mol. The molecule has 0 aliphatic carbocycles. The predicted octanol–water partition coefficient (Wildman–Crippen LogP) is 4.57. The zero-order chi connectivity index (χ0) is 29.5. The first-order valence-corrected chi connectivity index (χ1v) is 15.1. The number of phenolic OH excluding ortho intramolecular Hbond substituents is 1. The van der Waals surface area contributed by atoms with Gasteiger partial charge in [-0.2, -0.15) is 0 Å². The third-order valence-electron chi connectivity index (χ3n) is 8.39. The molecular formula is C31H34FN3O5S. The second kappa shape index (κ2) is 10.8. The van der Waals surface area contributed by atoms with Crippen LogP contribution in [0.25, 0.3) is 0 Å². The van der Waals surface area contributed by atoms with Crippen LogP contribution in [0.3, 0.4) is 0 Å². The maximum Gasteiger partial charge on any atom is 0.264 e. The summed E-state index contributed by atoms with van der Waals surface area (Å²) in [5.74, 6) is -0.946. The summed E-state index contributed by atoms with van der Waals surface area (Å²) in [6.07, 6.45) is 1.06. The van der Waals surface area contributed by atoms with Gasteiger partial charge in [0.15, 0.2) is 0 Å². The van der Waals surface area contributed by atoms with E-state index < -0.39 is 27.3 Å². The highest BCUT2D eigenvalue weighted by molar-refractivity contribution is 7.92. The minimum Gasteiger partial charge on any atom is -0.508 e. The number of amides is 2. The Balaban J connectivity index is 1.59. The molecule has 2 N–H and O–H groups in total. The van der Waals surface area contributed by atoms with Gasteiger partial charge in [0.25, 0.3) is 15.9 Å². The summed E-state index contributed by atoms with van der Waals surface area (Å²) in [7, 11) is -4.09. The van der Waals surface area contributed by atoms with E-state index in [1.807, 2.05) is 13.8 Å². The Kier molecular flexibility index (Phi) is 7.54. The minimum atomic E-state index is -4.09. The third kappa shape index (κ3) is 5.05. The molecule has 2 aliphatic heterocycles. The number of para-hydroxylation sites is 1. The summed E-state index contributed by atoms with van der Waals surface area (Å²) in [6.45, 7) is 6.53. The molecule has 1 spiro atoms. The first kappa shape index (κ1) is 28.6. The number of carbonyl (C=O) groups excluding carboxylic acids is 2. The van der Waals surface area contributed by atoms with E-state index in [0.29, 0.717) is 42.7 Å². The molecule has 5 rings (SSSR count). The maximum absolute atomic E-state index is 14.2. The van der Waals surface area contributed by atoms with Crippen LogP contribution in [-0.2, 0) is 26.8 Å². The number of benzene rings is 3. The van der Waals surface area contributed by atoms with Crippen LogP contribution in [0.1, 0.15) is 55.1 Å². The molecule has 1 atom stereocenters. The number of carbonyl (C=O) groups is 2. The molecule has 1 saturated heterocycles. The second-order valence-electron chi connectivity index (χ2n) is 11.1. The molecule has 10 heteroatoms. The fourth-order valence-electron chi connectivity index (χ4n) is 6.43. The van der Waals surface area contributed by atoms with Crippen LogP contribution < -0.4 is 9.62 Å². The summed E-state index contributed by atoms with van der Waals surface area (Å²) in [4.78, 5) is 27.2. The number of nitrogens with one attached hydrogen (secondary N) is 1. The van der Waals surface area contributed by atoms with Crippen LogP contribution in [0.15, 0.2) is 71.6 Å². The number of halogens is 1. The van der Waals surface area contributed by atoms with Gasteiger partial charge >= 0.3 is 0 Å². The lowest BCUT2D eigenvalue weighted by Gasteiger charge is -2.46. The summed E-state index contributed by atoms with van der Waals surface area (Å²) >= 11 is 0. The van der Waals surface area contributed by atoms with Crippen molar-refractivity contribution in [3.05, 3.63) is 89.2 Å². The van der Waals surface area contributed by atoms with Crippen molar-refractivity contribution < 1.29 is 27.5 Å². The Morgan fingerprint density at radius 2 is 1.71 bits per heavy atom. The smallest absolute Gasteiger partial charge is 0.264 e. The molecule has 2 aliphatic rings. The van der Waals surface area contributed by atoms with Crippen molar-refractivity contribution in [1.82, 2.24) is 10.2 Å². The molecular weight excluding hydrogens is 545 g/mol. The number of anilines is 1. The number of likely N-dealkylation sites (tertiary alicyclic amines) is 1. The van der Waals surface area contributed by atoms with Gasteiger partial charge in [0.1, 0.15) is 11.6 Å². The van der Waals surface area contributed by atoms with Crippen molar-refractivity contribution in [2.45, 2.75) is 56.5 Å². The summed E-state index contributed by atoms with van der Waals surface area (Å²) in [5, 5.41) is 12.9. The van der Waals surface area contributed by atoms with Gasteiger partial charge in [-0.15, -0.1) is 0 Å². The molecule has 1 fully saturated rings. The van der Waals surface area contributed by atoms with E-state index >= 15 is 0 Å². The molecule has 0 radical (unpaired) electrons. The van der Waals surface area contributed by atoms with Crippen molar-refractivity contribution >= 4 is 27.5 Å². The first-order chi connectivity index (χ1) is 19.5. The first-order valence-electron chi connectivity index (χ1n) is 13.7. The number of rotatable bonds is 6. The predicted molar refractivity (Wildman–Crippen MR) is 154 cm³/mol. The number of sulfonamides is 1. The Hall–Kier alpha value is -3.92. The van der Waals surface area contributed by atoms with Crippen LogP contribution in [-0.4, -0.2) is 49.4 Å². The minimum absolute atomic E-state index is 0.0155. The molecule has 3 aromatic carbocycles. The highest BCUT2D eigenvalue weighted by Crippen LogP contribution is 2.55. The molecule has 8 nitrogen and oxygen atoms in total. The van der Waals surface area contributed by atoms with Gasteiger partial charge in [-0.05, 0) is 72.9 Å². The van der Waals surface area contributed by atoms with Gasteiger partial charge in [-0.25, -0.2) is 12.8 Å². The number of nitrogens with zero attached hydrogens (tertiary/aromatic N) is 2. The van der Waals surface area contributed by atoms with Gasteiger partial charge in [-0.3, -0.25) is 13.9 Å². The summed E-state index contributed by atoms with van der Waals surface area (Å²) in [5.41, 5.74) is 1.54. The Morgan fingerprint density at radius 1 is 1.05 bits per heavy atom. The highest BCUT2D eigenvalue weighted by Gasteiger charge is 2.56. The largest absolute Gasteiger partial charge is 0.508 e. The topological polar surface area (TPSA) is 107 Å². The van der Waals surface area contributed by atoms with E-state index in [1.54, 1.807) is 47.4 Å². The van der Waals surface area contributed by atoms with Crippen LogP contribution in [0.2, 0.25) is 0 Å². The number of fused-ring (bicyclic) bond motifs is 2. The molecule has 3 aromatic rings. The van der Waals surface area contributed by atoms with Crippen molar-refractivity contribution in [1.29, 1.82) is 0 Å². The van der Waals surface area contributed by atoms with E-state index in [4.69, 9.17) is 0 Å². The zero-order valence-corrected chi connectivity index (χ0v) is 24.1. The van der Waals surface area contributed by atoms with E-state index in [-0.39, 0.29) is 34.9 Å². The molecule has 41 heavy (non-hydrogen) atoms. The number of hydrogen-bond donors (Lipinski definition) is 2. The number of piperidine rings is 1. The van der Waals surface area contributed by atoms with Crippen molar-refractivity contribution in [3.63, 3.8) is 0 Å². The van der Waals surface area contributed by atoms with E-state index in [0.717, 1.165) is 17.7 Å². The van der Waals surface area contributed by atoms with Gasteiger partial charge in [0, 0.05) is 43.1 Å². The lowest BCUT2D eigenvalue weighted by molar-refractivity contribution is -0.130. The van der Waals surface area contributed by atoms with Crippen LogP contribution in [0.5, 0.6) is 5.75 Å². The van der Waals surface area contributed by atoms with E-state index in [1.165, 1.54) is 23.4 Å². The average Bonchev–Trinajstić information content (AvgIpc) is 3.23. The molecule has 2 amide bonds. The molecule has 0 aromatic heterocycles. The zero-order valence-electron chi connectivity index (χ0n) is 23.3. The van der Waals surface area contributed by atoms with Crippen molar-refractivity contribution in [2.75, 3.05) is 17.4 Å². The Labute approximate surface area is 239 Å². The lowest BCUT2D eigenvalue weighted by Crippen LogP contribution is -2.55. The van der Waals surface area contributed by atoms with Gasteiger partial charge in [0.2, 0.25) is 5.91 Å². The van der Waals surface area contributed by atoms with E-state index in [2.05, 4.69) is 5.32 Å². The molecule has 0 bridgehead atoms. The lowest BCUT2D eigenvalue weighted by atomic mass is 9.66. The average molecular weight is 580 g/mol. The SMILES string of the molecule is CC(=O)N1CCC2(CC1)c1cc(C(=O)NCc3ccccc3O)ccc1N(S(=O)(=O)c1ccc(F)cc1)C2C(C)C. The standard InChI is InChI=1S/C31H34FN3O5S/c1-20(2)29-31(14-16-34(17-15-31)21(3)36)26-18-22(30(38)33-19-23-6-4-5-7-28(23)37)8-13-27(26)35(29)41(39,40)25-11-9-24(32)10-12-25/h4-13,18,20,29,37H,14-17,19H2,1-3H3,(H,33,38). The van der Waals surface area contributed by atoms with Crippen molar-refractivity contribution in [3.8, 4) is 5.75 Å². The second-order valence-corrected chi connectivity index (χ2v) is 13.0. The van der Waals surface area contributed by atoms with Gasteiger partial charge in [-0.1, -0.05) is 32.0 Å². The number of phenols is 1. The summed E-state index contributed by atoms with van der Waals surface area (Å²) < 4.78 is 43.5. The molecule has 0 saturated carbocycles. The fourth-order valence-corrected chi connectivity index (χ4v) is 8.30. The van der Waals surface area contributed by atoms with Gasteiger partial charge < -0.3 is 15.3 Å². The quantitative estimate of drug-likeness (QED) is 0.445. The fraction of sp³-hybridized carbons (Fsp3) is 0.355. The molecule has 216 valence electrons. The maximum atomic E-state index is 14.2. The Morgan fingerprint density at radius 3 is 2.32 bits per heavy atom. The molecule has 1 unspecified atom stereocenters. The van der Waals surface area contributed by atoms with Crippen molar-refractivity contribution in [2.24, 2.45) is 5.92 Å². The number of aromatic hydroxyl groups is 1. The van der Waals surface area contributed by atoms with Crippen LogP contribution in [0, 0.1) is 11.7 Å². The number of hydrogen-bond acceptors (Lipinski definition) is 5. The van der Waals surface area contributed by atoms with Crippen LogP contribution in [0.4, 0.5) is 10.1 Å².